The maximum atomic E-state index is 12.3. The van der Waals surface area contributed by atoms with Crippen LogP contribution in [0.25, 0.3) is 5.69 Å². The van der Waals surface area contributed by atoms with Crippen LogP contribution < -0.4 is 5.69 Å². The predicted octanol–water partition coefficient (Wildman–Crippen LogP) is 2.28. The first-order chi connectivity index (χ1) is 12.2. The quantitative estimate of drug-likeness (QED) is 0.794. The van der Waals surface area contributed by atoms with E-state index >= 15 is 0 Å². The van der Waals surface area contributed by atoms with Crippen LogP contribution in [0.2, 0.25) is 0 Å². The minimum atomic E-state index is -0.166. The van der Waals surface area contributed by atoms with Crippen molar-refractivity contribution >= 4 is 0 Å². The third-order valence-corrected chi connectivity index (χ3v) is 4.97. The van der Waals surface area contributed by atoms with Crippen LogP contribution in [0, 0.1) is 0 Å². The second-order valence-electron chi connectivity index (χ2n) is 6.75. The lowest BCUT2D eigenvalue weighted by molar-refractivity contribution is 0.193. The van der Waals surface area contributed by atoms with Crippen LogP contribution in [0.1, 0.15) is 30.3 Å². The maximum absolute atomic E-state index is 12.3. The van der Waals surface area contributed by atoms with E-state index in [0.717, 1.165) is 44.0 Å². The van der Waals surface area contributed by atoms with Gasteiger partial charge in [0.15, 0.2) is 0 Å². The molecular formula is C19H23N5O. The third kappa shape index (κ3) is 3.30. The van der Waals surface area contributed by atoms with Gasteiger partial charge in [-0.05, 0) is 43.7 Å². The van der Waals surface area contributed by atoms with Crippen LogP contribution in [0.4, 0.5) is 0 Å². The van der Waals surface area contributed by atoms with Crippen molar-refractivity contribution in [3.8, 4) is 5.69 Å². The molecule has 4 rings (SSSR count). The molecule has 0 saturated carbocycles. The third-order valence-electron chi connectivity index (χ3n) is 4.97. The van der Waals surface area contributed by atoms with E-state index < -0.39 is 0 Å². The Hall–Kier alpha value is -2.60. The van der Waals surface area contributed by atoms with Crippen molar-refractivity contribution in [1.29, 1.82) is 0 Å². The first-order valence-electron chi connectivity index (χ1n) is 8.78. The van der Waals surface area contributed by atoms with Gasteiger partial charge in [-0.3, -0.25) is 9.88 Å². The summed E-state index contributed by atoms with van der Waals surface area (Å²) in [6.45, 7) is 2.95. The van der Waals surface area contributed by atoms with Crippen LogP contribution in [-0.4, -0.2) is 37.3 Å². The largest absolute Gasteiger partial charge is 0.353 e. The Kier molecular flexibility index (Phi) is 4.28. The number of benzene rings is 1. The van der Waals surface area contributed by atoms with Gasteiger partial charge in [-0.1, -0.05) is 18.2 Å². The summed E-state index contributed by atoms with van der Waals surface area (Å²) in [6, 6.07) is 13.8. The van der Waals surface area contributed by atoms with E-state index in [1.165, 1.54) is 10.4 Å². The summed E-state index contributed by atoms with van der Waals surface area (Å²) in [6.07, 6.45) is 4.26. The van der Waals surface area contributed by atoms with E-state index in [-0.39, 0.29) is 11.6 Å². The average molecular weight is 337 g/mol. The number of aromatic amines is 1. The number of nitrogens with zero attached hydrogens (tertiary/aromatic N) is 4. The van der Waals surface area contributed by atoms with Gasteiger partial charge in [0.2, 0.25) is 0 Å². The Bertz CT molecular complexity index is 892. The van der Waals surface area contributed by atoms with E-state index in [9.17, 15) is 4.79 Å². The van der Waals surface area contributed by atoms with Crippen molar-refractivity contribution in [3.05, 3.63) is 70.7 Å². The molecule has 1 saturated heterocycles. The molecule has 6 nitrogen and oxygen atoms in total. The minimum Gasteiger partial charge on any atom is -0.353 e. The molecule has 1 atom stereocenters. The van der Waals surface area contributed by atoms with Crippen LogP contribution in [0.15, 0.2) is 53.5 Å². The topological polar surface area (TPSA) is 58.9 Å². The number of hydrogen-bond donors (Lipinski definition) is 1. The van der Waals surface area contributed by atoms with Gasteiger partial charge in [-0.15, -0.1) is 5.10 Å². The minimum absolute atomic E-state index is 0.166. The number of aryl methyl sites for hydroxylation is 1. The van der Waals surface area contributed by atoms with E-state index in [2.05, 4.69) is 44.9 Å². The first-order valence-corrected chi connectivity index (χ1v) is 8.78. The van der Waals surface area contributed by atoms with Crippen molar-refractivity contribution in [1.82, 2.24) is 24.2 Å². The van der Waals surface area contributed by atoms with Gasteiger partial charge in [0.1, 0.15) is 5.82 Å². The van der Waals surface area contributed by atoms with Crippen LogP contribution in [0.3, 0.4) is 0 Å². The van der Waals surface area contributed by atoms with Crippen molar-refractivity contribution in [2.45, 2.75) is 25.3 Å². The zero-order chi connectivity index (χ0) is 17.2. The van der Waals surface area contributed by atoms with E-state index in [4.69, 9.17) is 0 Å². The Labute approximate surface area is 146 Å². The molecule has 1 unspecified atom stereocenters. The first kappa shape index (κ1) is 15.9. The molecule has 1 fully saturated rings. The molecule has 3 aromatic rings. The normalized spacial score (nSPS) is 18.5. The van der Waals surface area contributed by atoms with Gasteiger partial charge in [-0.2, -0.15) is 4.68 Å². The molecule has 1 N–H and O–H groups in total. The highest BCUT2D eigenvalue weighted by Gasteiger charge is 2.25. The second-order valence-corrected chi connectivity index (χ2v) is 6.75. The van der Waals surface area contributed by atoms with Gasteiger partial charge in [-0.25, -0.2) is 4.79 Å². The maximum Gasteiger partial charge on any atom is 0.348 e. The molecule has 1 aromatic carbocycles. The van der Waals surface area contributed by atoms with Gasteiger partial charge >= 0.3 is 5.69 Å². The standard InChI is InChI=1S/C19H23N5O/c1-22-11-6-10-17(22)14-23-12-5-7-15(13-23)18-20-19(25)24(21-18)16-8-3-2-4-9-16/h2-4,6,8-11,15H,5,7,12-14H2,1H3,(H,20,21,25). The monoisotopic (exact) mass is 337 g/mol. The average Bonchev–Trinajstić information content (AvgIpc) is 3.22. The fraction of sp³-hybridized carbons (Fsp3) is 0.368. The SMILES string of the molecule is Cn1cccc1CN1CCCC(c2nn(-c3ccccc3)c(=O)[nH]2)C1. The van der Waals surface area contributed by atoms with Crippen molar-refractivity contribution in [3.63, 3.8) is 0 Å². The molecule has 25 heavy (non-hydrogen) atoms. The number of piperidine rings is 1. The summed E-state index contributed by atoms with van der Waals surface area (Å²) in [5.41, 5.74) is 1.94. The molecule has 0 radical (unpaired) electrons. The molecule has 0 aliphatic carbocycles. The summed E-state index contributed by atoms with van der Waals surface area (Å²) in [5, 5.41) is 4.57. The number of likely N-dealkylation sites (tertiary alicyclic amines) is 1. The lowest BCUT2D eigenvalue weighted by Crippen LogP contribution is -2.34. The van der Waals surface area contributed by atoms with Crippen molar-refractivity contribution in [2.75, 3.05) is 13.1 Å². The second kappa shape index (κ2) is 6.72. The Morgan fingerprint density at radius 1 is 1.20 bits per heavy atom. The van der Waals surface area contributed by atoms with Crippen LogP contribution >= 0.6 is 0 Å². The van der Waals surface area contributed by atoms with Crippen molar-refractivity contribution in [2.24, 2.45) is 7.05 Å². The fourth-order valence-corrected chi connectivity index (χ4v) is 3.58. The molecule has 130 valence electrons. The Balaban J connectivity index is 1.52. The molecular weight excluding hydrogens is 314 g/mol. The van der Waals surface area contributed by atoms with Gasteiger partial charge < -0.3 is 4.57 Å². The molecule has 0 spiro atoms. The molecule has 2 aromatic heterocycles. The highest BCUT2D eigenvalue weighted by Crippen LogP contribution is 2.25. The highest BCUT2D eigenvalue weighted by atomic mass is 16.1. The summed E-state index contributed by atoms with van der Waals surface area (Å²) in [7, 11) is 2.08. The smallest absolute Gasteiger partial charge is 0.348 e. The Morgan fingerprint density at radius 3 is 2.80 bits per heavy atom. The van der Waals surface area contributed by atoms with Gasteiger partial charge in [0, 0.05) is 37.9 Å². The number of para-hydroxylation sites is 1. The fourth-order valence-electron chi connectivity index (χ4n) is 3.58. The molecule has 3 heterocycles. The molecule has 0 amide bonds. The van der Waals surface area contributed by atoms with E-state index in [0.29, 0.717) is 0 Å². The number of hydrogen-bond acceptors (Lipinski definition) is 3. The van der Waals surface area contributed by atoms with Crippen LogP contribution in [-0.2, 0) is 13.6 Å². The van der Waals surface area contributed by atoms with E-state index in [1.807, 2.05) is 30.3 Å². The van der Waals surface area contributed by atoms with Crippen molar-refractivity contribution < 1.29 is 0 Å². The lowest BCUT2D eigenvalue weighted by Gasteiger charge is -2.31. The van der Waals surface area contributed by atoms with Crippen LogP contribution in [0.5, 0.6) is 0 Å². The Morgan fingerprint density at radius 2 is 2.04 bits per heavy atom. The van der Waals surface area contributed by atoms with E-state index in [1.54, 1.807) is 0 Å². The number of nitrogens with one attached hydrogen (secondary N) is 1. The lowest BCUT2D eigenvalue weighted by atomic mass is 9.97. The summed E-state index contributed by atoms with van der Waals surface area (Å²) in [5.74, 6) is 1.07. The predicted molar refractivity (Wildman–Crippen MR) is 96.8 cm³/mol. The highest BCUT2D eigenvalue weighted by molar-refractivity contribution is 5.29. The number of rotatable bonds is 4. The summed E-state index contributed by atoms with van der Waals surface area (Å²) >= 11 is 0. The zero-order valence-electron chi connectivity index (χ0n) is 14.4. The molecule has 1 aliphatic heterocycles. The molecule has 6 heteroatoms. The molecule has 1 aliphatic rings. The number of H-pyrrole nitrogens is 1. The van der Waals surface area contributed by atoms with Gasteiger partial charge in [0.25, 0.3) is 0 Å². The zero-order valence-corrected chi connectivity index (χ0v) is 14.4. The van der Waals surface area contributed by atoms with Gasteiger partial charge in [0.05, 0.1) is 5.69 Å². The summed E-state index contributed by atoms with van der Waals surface area (Å²) < 4.78 is 3.63. The number of aromatic nitrogens is 4. The summed E-state index contributed by atoms with van der Waals surface area (Å²) in [4.78, 5) is 17.7. The molecule has 0 bridgehead atoms.